The summed E-state index contributed by atoms with van der Waals surface area (Å²) in [4.78, 5) is 18.2. The van der Waals surface area contributed by atoms with Gasteiger partial charge >= 0.3 is 0 Å². The lowest BCUT2D eigenvalue weighted by molar-refractivity contribution is 0.415. The zero-order valence-electron chi connectivity index (χ0n) is 16.5. The van der Waals surface area contributed by atoms with Crippen LogP contribution in [0.3, 0.4) is 0 Å². The van der Waals surface area contributed by atoms with Gasteiger partial charge in [-0.05, 0) is 36.1 Å². The highest BCUT2D eigenvalue weighted by Crippen LogP contribution is 2.32. The molecule has 0 aliphatic carbocycles. The van der Waals surface area contributed by atoms with Crippen molar-refractivity contribution in [3.8, 4) is 28.1 Å². The normalized spacial score (nSPS) is 11.3. The van der Waals surface area contributed by atoms with Crippen LogP contribution in [-0.2, 0) is 0 Å². The number of aryl methyl sites for hydroxylation is 1. The van der Waals surface area contributed by atoms with Crippen molar-refractivity contribution in [3.05, 3.63) is 76.2 Å². The highest BCUT2D eigenvalue weighted by molar-refractivity contribution is 5.74. The Morgan fingerprint density at radius 3 is 2.29 bits per heavy atom. The van der Waals surface area contributed by atoms with E-state index in [1.54, 1.807) is 11.6 Å². The zero-order valence-corrected chi connectivity index (χ0v) is 16.5. The van der Waals surface area contributed by atoms with Crippen molar-refractivity contribution in [3.63, 3.8) is 0 Å². The van der Waals surface area contributed by atoms with Gasteiger partial charge < -0.3 is 4.74 Å². The Bertz CT molecular complexity index is 1190. The molecule has 2 heterocycles. The topological polar surface area (TPSA) is 59.4 Å². The molecule has 0 atom stereocenters. The summed E-state index contributed by atoms with van der Waals surface area (Å²) in [5.41, 5.74) is 5.75. The Labute approximate surface area is 163 Å². The van der Waals surface area contributed by atoms with Crippen LogP contribution in [0.2, 0.25) is 0 Å². The highest BCUT2D eigenvalue weighted by atomic mass is 16.5. The van der Waals surface area contributed by atoms with Crippen molar-refractivity contribution in [2.24, 2.45) is 0 Å². The van der Waals surface area contributed by atoms with Crippen LogP contribution in [0.1, 0.15) is 31.0 Å². The molecule has 142 valence electrons. The molecule has 4 rings (SSSR count). The van der Waals surface area contributed by atoms with Crippen LogP contribution in [0.5, 0.6) is 5.75 Å². The van der Waals surface area contributed by atoms with Gasteiger partial charge in [0.1, 0.15) is 5.75 Å². The van der Waals surface area contributed by atoms with E-state index in [1.807, 2.05) is 61.5 Å². The van der Waals surface area contributed by atoms with Crippen LogP contribution in [0.15, 0.2) is 59.4 Å². The average molecular weight is 373 g/mol. The van der Waals surface area contributed by atoms with Crippen molar-refractivity contribution >= 4 is 5.65 Å². The number of aromatic nitrogens is 3. The summed E-state index contributed by atoms with van der Waals surface area (Å²) >= 11 is 0. The molecule has 2 aromatic heterocycles. The van der Waals surface area contributed by atoms with Gasteiger partial charge in [0.15, 0.2) is 5.65 Å². The maximum atomic E-state index is 13.4. The quantitative estimate of drug-likeness (QED) is 0.559. The molecule has 0 fully saturated rings. The van der Waals surface area contributed by atoms with Crippen LogP contribution in [-0.4, -0.2) is 21.7 Å². The molecule has 28 heavy (non-hydrogen) atoms. The van der Waals surface area contributed by atoms with Gasteiger partial charge in [-0.25, -0.2) is 9.50 Å². The van der Waals surface area contributed by atoms with Crippen molar-refractivity contribution in [1.82, 2.24) is 14.6 Å². The van der Waals surface area contributed by atoms with Crippen molar-refractivity contribution in [2.45, 2.75) is 26.7 Å². The molecule has 0 saturated carbocycles. The molecule has 0 amide bonds. The lowest BCUT2D eigenvalue weighted by atomic mass is 9.99. The van der Waals surface area contributed by atoms with Crippen molar-refractivity contribution < 1.29 is 4.74 Å². The van der Waals surface area contributed by atoms with E-state index < -0.39 is 0 Å². The number of rotatable bonds is 4. The van der Waals surface area contributed by atoms with Crippen LogP contribution < -0.4 is 10.3 Å². The van der Waals surface area contributed by atoms with E-state index >= 15 is 0 Å². The monoisotopic (exact) mass is 373 g/mol. The molecule has 0 unspecified atom stereocenters. The maximum Gasteiger partial charge on any atom is 0.280 e. The minimum atomic E-state index is -0.100. The second-order valence-corrected chi connectivity index (χ2v) is 7.19. The molecule has 0 aliphatic heterocycles. The summed E-state index contributed by atoms with van der Waals surface area (Å²) in [5, 5.41) is 3.31. The van der Waals surface area contributed by atoms with E-state index in [1.165, 1.54) is 0 Å². The van der Waals surface area contributed by atoms with Crippen LogP contribution >= 0.6 is 0 Å². The highest BCUT2D eigenvalue weighted by Gasteiger charge is 2.21. The SMILES string of the molecule is COc1ccc(-c2c(C)nc3c(C(C)C)c(-c4ccccc4)[nH]n3c2=O)cc1. The van der Waals surface area contributed by atoms with E-state index in [0.29, 0.717) is 11.2 Å². The molecule has 0 spiro atoms. The largest absolute Gasteiger partial charge is 0.497 e. The Balaban J connectivity index is 2.00. The number of H-pyrrole nitrogens is 1. The maximum absolute atomic E-state index is 13.4. The van der Waals surface area contributed by atoms with Crippen molar-refractivity contribution in [1.29, 1.82) is 0 Å². The average Bonchev–Trinajstić information content (AvgIpc) is 3.09. The lowest BCUT2D eigenvalue weighted by Gasteiger charge is -2.09. The number of hydrogen-bond acceptors (Lipinski definition) is 3. The Morgan fingerprint density at radius 1 is 1.00 bits per heavy atom. The molecule has 0 radical (unpaired) electrons. The number of fused-ring (bicyclic) bond motifs is 1. The van der Waals surface area contributed by atoms with Gasteiger partial charge in [-0.1, -0.05) is 56.3 Å². The number of benzene rings is 2. The van der Waals surface area contributed by atoms with Crippen molar-refractivity contribution in [2.75, 3.05) is 7.11 Å². The molecular weight excluding hydrogens is 350 g/mol. The standard InChI is InChI=1S/C23H23N3O2/c1-14(2)19-21(17-8-6-5-7-9-17)25-26-22(19)24-15(3)20(23(26)27)16-10-12-18(28-4)13-11-16/h5-14,25H,1-4H3. The van der Waals surface area contributed by atoms with Gasteiger partial charge in [0.25, 0.3) is 5.56 Å². The summed E-state index contributed by atoms with van der Waals surface area (Å²) in [6.07, 6.45) is 0. The predicted molar refractivity (Wildman–Crippen MR) is 112 cm³/mol. The number of methoxy groups -OCH3 is 1. The molecule has 0 saturated heterocycles. The first-order valence-corrected chi connectivity index (χ1v) is 9.36. The third kappa shape index (κ3) is 2.89. The molecule has 2 aromatic carbocycles. The van der Waals surface area contributed by atoms with Gasteiger partial charge in [-0.2, -0.15) is 0 Å². The molecule has 5 heteroatoms. The number of nitrogens with zero attached hydrogens (tertiary/aromatic N) is 2. The van der Waals surface area contributed by atoms with E-state index in [9.17, 15) is 4.79 Å². The summed E-state index contributed by atoms with van der Waals surface area (Å²) in [7, 11) is 1.63. The fourth-order valence-electron chi connectivity index (χ4n) is 3.66. The summed E-state index contributed by atoms with van der Waals surface area (Å²) < 4.78 is 6.80. The van der Waals surface area contributed by atoms with Gasteiger partial charge in [-0.15, -0.1) is 0 Å². The first kappa shape index (κ1) is 18.0. The van der Waals surface area contributed by atoms with Gasteiger partial charge in [0.05, 0.1) is 24.1 Å². The first-order chi connectivity index (χ1) is 13.5. The van der Waals surface area contributed by atoms with E-state index in [4.69, 9.17) is 9.72 Å². The number of hydrogen-bond donors (Lipinski definition) is 1. The van der Waals surface area contributed by atoms with Crippen LogP contribution in [0.4, 0.5) is 0 Å². The fraction of sp³-hybridized carbons (Fsp3) is 0.217. The summed E-state index contributed by atoms with van der Waals surface area (Å²) in [6.45, 7) is 6.13. The lowest BCUT2D eigenvalue weighted by Crippen LogP contribution is -2.19. The summed E-state index contributed by atoms with van der Waals surface area (Å²) in [5.74, 6) is 0.971. The minimum absolute atomic E-state index is 0.100. The molecule has 4 aromatic rings. The molecule has 0 bridgehead atoms. The predicted octanol–water partition coefficient (Wildman–Crippen LogP) is 4.80. The smallest absolute Gasteiger partial charge is 0.280 e. The van der Waals surface area contributed by atoms with Crippen LogP contribution in [0.25, 0.3) is 28.0 Å². The van der Waals surface area contributed by atoms with E-state index in [2.05, 4.69) is 18.9 Å². The summed E-state index contributed by atoms with van der Waals surface area (Å²) in [6, 6.07) is 17.5. The van der Waals surface area contributed by atoms with Gasteiger partial charge in [0, 0.05) is 5.56 Å². The molecular formula is C23H23N3O2. The molecule has 0 aliphatic rings. The molecule has 1 N–H and O–H groups in total. The Hall–Kier alpha value is -3.34. The first-order valence-electron chi connectivity index (χ1n) is 9.36. The van der Waals surface area contributed by atoms with Gasteiger partial charge in [0.2, 0.25) is 0 Å². The Morgan fingerprint density at radius 2 is 1.68 bits per heavy atom. The second kappa shape index (κ2) is 7.00. The minimum Gasteiger partial charge on any atom is -0.497 e. The zero-order chi connectivity index (χ0) is 19.8. The third-order valence-corrected chi connectivity index (χ3v) is 5.02. The fourth-order valence-corrected chi connectivity index (χ4v) is 3.66. The van der Waals surface area contributed by atoms with E-state index in [-0.39, 0.29) is 11.5 Å². The van der Waals surface area contributed by atoms with Crippen LogP contribution in [0, 0.1) is 6.92 Å². The third-order valence-electron chi connectivity index (χ3n) is 5.02. The number of ether oxygens (including phenoxy) is 1. The van der Waals surface area contributed by atoms with Gasteiger partial charge in [-0.3, -0.25) is 9.89 Å². The second-order valence-electron chi connectivity index (χ2n) is 7.19. The number of nitrogens with one attached hydrogen (secondary N) is 1. The Kier molecular flexibility index (Phi) is 4.51. The molecule has 5 nitrogen and oxygen atoms in total. The van der Waals surface area contributed by atoms with E-state index in [0.717, 1.165) is 33.8 Å². The number of aromatic amines is 1.